The summed E-state index contributed by atoms with van der Waals surface area (Å²) < 4.78 is 10.7. The van der Waals surface area contributed by atoms with Gasteiger partial charge in [0.1, 0.15) is 61.0 Å². The van der Waals surface area contributed by atoms with Crippen molar-refractivity contribution in [1.82, 2.24) is 0 Å². The normalized spacial score (nSPS) is 39.4. The van der Waals surface area contributed by atoms with Crippen LogP contribution in [0.2, 0.25) is 0 Å². The fourth-order valence-corrected chi connectivity index (χ4v) is 3.43. The average molecular weight is 450 g/mol. The van der Waals surface area contributed by atoms with Crippen molar-refractivity contribution in [3.63, 3.8) is 0 Å². The molecule has 3 rings (SSSR count). The Morgan fingerprint density at radius 1 is 0.625 bits per heavy atom. The molecule has 1 aromatic carbocycles. The van der Waals surface area contributed by atoms with Gasteiger partial charge in [-0.3, -0.25) is 0 Å². The van der Waals surface area contributed by atoms with Crippen LogP contribution in [0, 0.1) is 23.7 Å². The van der Waals surface area contributed by atoms with Gasteiger partial charge in [0.05, 0.1) is 13.2 Å². The third-order valence-electron chi connectivity index (χ3n) is 5.36. The Labute approximate surface area is 184 Å². The van der Waals surface area contributed by atoms with E-state index in [2.05, 4.69) is 23.7 Å². The summed E-state index contributed by atoms with van der Waals surface area (Å²) >= 11 is 0. The van der Waals surface area contributed by atoms with Crippen molar-refractivity contribution in [1.29, 1.82) is 0 Å². The summed E-state index contributed by atoms with van der Waals surface area (Å²) in [7, 11) is 0. The standard InChI is InChI=1S/C22H26O10/c23-9-15-19(27)21(29)17(25)13(31-15)6-4-11-2-1-3-12(8-11)5-7-14-18(26)22(30)20(28)16(10-24)32-14/h1-3,8,13-30H,9-10H2/t13?,14?,15-,16-,17-,18-,19-,20-,21-,22-/m1/s1. The molecule has 8 N–H and O–H groups in total. The number of aliphatic hydroxyl groups is 8. The van der Waals surface area contributed by atoms with Gasteiger partial charge in [-0.15, -0.1) is 0 Å². The Balaban J connectivity index is 1.74. The van der Waals surface area contributed by atoms with Crippen molar-refractivity contribution < 1.29 is 50.3 Å². The van der Waals surface area contributed by atoms with Crippen molar-refractivity contribution in [2.75, 3.05) is 13.2 Å². The number of hydrogen-bond acceptors (Lipinski definition) is 10. The Morgan fingerprint density at radius 3 is 1.41 bits per heavy atom. The zero-order valence-corrected chi connectivity index (χ0v) is 16.9. The highest BCUT2D eigenvalue weighted by atomic mass is 16.5. The van der Waals surface area contributed by atoms with Crippen LogP contribution in [0.1, 0.15) is 11.1 Å². The predicted molar refractivity (Wildman–Crippen MR) is 108 cm³/mol. The Bertz CT molecular complexity index is 826. The predicted octanol–water partition coefficient (Wildman–Crippen LogP) is -3.93. The van der Waals surface area contributed by atoms with E-state index in [-0.39, 0.29) is 0 Å². The minimum absolute atomic E-state index is 0.488. The van der Waals surface area contributed by atoms with E-state index in [1.54, 1.807) is 24.3 Å². The van der Waals surface area contributed by atoms with Gasteiger partial charge >= 0.3 is 0 Å². The van der Waals surface area contributed by atoms with Crippen LogP contribution < -0.4 is 0 Å². The van der Waals surface area contributed by atoms with Crippen molar-refractivity contribution in [3.8, 4) is 23.7 Å². The summed E-state index contributed by atoms with van der Waals surface area (Å²) in [5, 5.41) is 77.9. The van der Waals surface area contributed by atoms with E-state index in [9.17, 15) is 40.9 Å². The first-order chi connectivity index (χ1) is 15.3. The molecule has 0 amide bonds. The van der Waals surface area contributed by atoms with Gasteiger partial charge in [-0.05, 0) is 18.2 Å². The van der Waals surface area contributed by atoms with E-state index in [1.807, 2.05) is 0 Å². The molecule has 32 heavy (non-hydrogen) atoms. The molecule has 2 aliphatic heterocycles. The smallest absolute Gasteiger partial charge is 0.147 e. The minimum atomic E-state index is -1.52. The van der Waals surface area contributed by atoms with E-state index in [1.165, 1.54) is 0 Å². The first-order valence-electron chi connectivity index (χ1n) is 10.0. The van der Waals surface area contributed by atoms with E-state index >= 15 is 0 Å². The molecule has 2 aliphatic rings. The number of aliphatic hydroxyl groups excluding tert-OH is 8. The quantitative estimate of drug-likeness (QED) is 0.207. The highest BCUT2D eigenvalue weighted by Gasteiger charge is 2.43. The average Bonchev–Trinajstić information content (AvgIpc) is 2.80. The largest absolute Gasteiger partial charge is 0.394 e. The van der Waals surface area contributed by atoms with Crippen molar-refractivity contribution >= 4 is 0 Å². The number of benzene rings is 1. The molecule has 0 spiro atoms. The van der Waals surface area contributed by atoms with Gasteiger partial charge < -0.3 is 50.3 Å². The fourth-order valence-electron chi connectivity index (χ4n) is 3.43. The summed E-state index contributed by atoms with van der Waals surface area (Å²) in [6.45, 7) is -1.10. The van der Waals surface area contributed by atoms with Gasteiger partial charge in [-0.2, -0.15) is 0 Å². The Morgan fingerprint density at radius 2 is 1.03 bits per heavy atom. The van der Waals surface area contributed by atoms with Crippen molar-refractivity contribution in [2.45, 2.75) is 61.0 Å². The Hall–Kier alpha value is -2.06. The van der Waals surface area contributed by atoms with Crippen LogP contribution in [0.25, 0.3) is 0 Å². The molecule has 10 heteroatoms. The second-order valence-electron chi connectivity index (χ2n) is 7.62. The zero-order valence-electron chi connectivity index (χ0n) is 16.9. The first kappa shape index (κ1) is 24.6. The first-order valence-corrected chi connectivity index (χ1v) is 10.0. The second kappa shape index (κ2) is 10.7. The molecule has 10 nitrogen and oxygen atoms in total. The molecule has 10 atom stereocenters. The third kappa shape index (κ3) is 5.29. The Kier molecular flexibility index (Phi) is 8.22. The fraction of sp³-hybridized carbons (Fsp3) is 0.545. The van der Waals surface area contributed by atoms with Crippen molar-refractivity contribution in [2.24, 2.45) is 0 Å². The maximum atomic E-state index is 10.1. The highest BCUT2D eigenvalue weighted by molar-refractivity contribution is 5.44. The van der Waals surface area contributed by atoms with Crippen LogP contribution in [0.5, 0.6) is 0 Å². The lowest BCUT2D eigenvalue weighted by atomic mass is 9.95. The molecule has 2 unspecified atom stereocenters. The van der Waals surface area contributed by atoms with Crippen molar-refractivity contribution in [3.05, 3.63) is 35.4 Å². The number of rotatable bonds is 2. The molecule has 0 radical (unpaired) electrons. The molecule has 0 saturated carbocycles. The maximum absolute atomic E-state index is 10.1. The van der Waals surface area contributed by atoms with Crippen LogP contribution in [0.15, 0.2) is 24.3 Å². The van der Waals surface area contributed by atoms with Crippen LogP contribution >= 0.6 is 0 Å². The summed E-state index contributed by atoms with van der Waals surface area (Å²) in [5.41, 5.74) is 0.977. The van der Waals surface area contributed by atoms with Gasteiger partial charge in [0, 0.05) is 11.1 Å². The summed E-state index contributed by atoms with van der Waals surface area (Å²) in [6, 6.07) is 6.59. The van der Waals surface area contributed by atoms with Gasteiger partial charge in [0.2, 0.25) is 0 Å². The molecule has 2 saturated heterocycles. The summed E-state index contributed by atoms with van der Waals surface area (Å²) in [5.74, 6) is 10.9. The zero-order chi connectivity index (χ0) is 23.4. The van der Waals surface area contributed by atoms with E-state index < -0.39 is 74.3 Å². The summed E-state index contributed by atoms with van der Waals surface area (Å²) in [6.07, 6.45) is -13.3. The molecular weight excluding hydrogens is 424 g/mol. The molecule has 0 bridgehead atoms. The van der Waals surface area contributed by atoms with E-state index in [4.69, 9.17) is 9.47 Å². The lowest BCUT2D eigenvalue weighted by Crippen LogP contribution is -2.58. The molecule has 2 fully saturated rings. The van der Waals surface area contributed by atoms with Crippen LogP contribution in [-0.2, 0) is 9.47 Å². The molecule has 1 aromatic rings. The molecule has 0 aromatic heterocycles. The van der Waals surface area contributed by atoms with Crippen LogP contribution in [-0.4, -0.2) is 115 Å². The number of ether oxygens (including phenoxy) is 2. The monoisotopic (exact) mass is 450 g/mol. The lowest BCUT2D eigenvalue weighted by molar-refractivity contribution is -0.214. The molecule has 0 aliphatic carbocycles. The van der Waals surface area contributed by atoms with Gasteiger partial charge in [0.15, 0.2) is 0 Å². The minimum Gasteiger partial charge on any atom is -0.394 e. The lowest BCUT2D eigenvalue weighted by Gasteiger charge is -2.37. The molecule has 2 heterocycles. The summed E-state index contributed by atoms with van der Waals surface area (Å²) in [4.78, 5) is 0. The maximum Gasteiger partial charge on any atom is 0.147 e. The van der Waals surface area contributed by atoms with E-state index in [0.29, 0.717) is 11.1 Å². The second-order valence-corrected chi connectivity index (χ2v) is 7.62. The third-order valence-corrected chi connectivity index (χ3v) is 5.36. The molecular formula is C22H26O10. The highest BCUT2D eigenvalue weighted by Crippen LogP contribution is 2.22. The SMILES string of the molecule is OC[C@H]1OC(C#Cc2cccc(C#CC3O[C@H](CO)[C@@H](O)[C@H](O)[C@@H]3O)c2)[C@@H](O)[C@@H](O)[C@@H]1O. The van der Waals surface area contributed by atoms with Gasteiger partial charge in [0.25, 0.3) is 0 Å². The number of hydrogen-bond donors (Lipinski definition) is 8. The van der Waals surface area contributed by atoms with Gasteiger partial charge in [-0.1, -0.05) is 29.7 Å². The van der Waals surface area contributed by atoms with Crippen LogP contribution in [0.4, 0.5) is 0 Å². The van der Waals surface area contributed by atoms with E-state index in [0.717, 1.165) is 0 Å². The van der Waals surface area contributed by atoms with Crippen LogP contribution in [0.3, 0.4) is 0 Å². The topological polar surface area (TPSA) is 180 Å². The molecule has 174 valence electrons. The van der Waals surface area contributed by atoms with Gasteiger partial charge in [-0.25, -0.2) is 0 Å².